The second kappa shape index (κ2) is 4.00. The van der Waals surface area contributed by atoms with Crippen LogP contribution in [0, 0.1) is 27.7 Å². The highest BCUT2D eigenvalue weighted by Gasteiger charge is 2.11. The molecule has 2 rings (SSSR count). The van der Waals surface area contributed by atoms with E-state index in [0.717, 1.165) is 34.1 Å². The largest absolute Gasteiger partial charge is 0.378 e. The van der Waals surface area contributed by atoms with Crippen LogP contribution in [0.15, 0.2) is 4.52 Å². The quantitative estimate of drug-likeness (QED) is 0.832. The van der Waals surface area contributed by atoms with Crippen LogP contribution >= 0.6 is 0 Å². The van der Waals surface area contributed by atoms with Crippen molar-refractivity contribution in [3.8, 4) is 0 Å². The number of nitrogens with zero attached hydrogens (tertiary/aromatic N) is 2. The molecule has 0 aliphatic rings. The van der Waals surface area contributed by atoms with E-state index in [1.807, 2.05) is 27.7 Å². The molecule has 0 radical (unpaired) electrons. The lowest BCUT2D eigenvalue weighted by Crippen LogP contribution is -2.02. The first kappa shape index (κ1) is 10.7. The van der Waals surface area contributed by atoms with E-state index >= 15 is 0 Å². The van der Waals surface area contributed by atoms with Gasteiger partial charge in [0.05, 0.1) is 22.8 Å². The van der Waals surface area contributed by atoms with Crippen LogP contribution in [-0.4, -0.2) is 15.4 Å². The predicted molar refractivity (Wildman–Crippen MR) is 61.4 cm³/mol. The van der Waals surface area contributed by atoms with Gasteiger partial charge >= 0.3 is 0 Å². The highest BCUT2D eigenvalue weighted by Crippen LogP contribution is 2.19. The molecular weight excluding hydrogens is 204 g/mol. The van der Waals surface area contributed by atoms with Crippen molar-refractivity contribution in [2.75, 3.05) is 5.32 Å². The Morgan fingerprint density at radius 2 is 1.94 bits per heavy atom. The maximum Gasteiger partial charge on any atom is 0.138 e. The van der Waals surface area contributed by atoms with Crippen molar-refractivity contribution >= 4 is 5.69 Å². The Morgan fingerprint density at radius 1 is 1.19 bits per heavy atom. The first-order valence-corrected chi connectivity index (χ1v) is 5.26. The summed E-state index contributed by atoms with van der Waals surface area (Å²) in [6.45, 7) is 8.55. The Balaban J connectivity index is 2.14. The first-order valence-electron chi connectivity index (χ1n) is 5.26. The number of hydrogen-bond donors (Lipinski definition) is 2. The fraction of sp³-hybridized carbons (Fsp3) is 0.455. The molecule has 0 saturated heterocycles. The molecule has 86 valence electrons. The maximum absolute atomic E-state index is 5.11. The molecule has 0 aliphatic heterocycles. The minimum Gasteiger partial charge on any atom is -0.378 e. The van der Waals surface area contributed by atoms with Crippen molar-refractivity contribution in [1.29, 1.82) is 0 Å². The number of hydrogen-bond acceptors (Lipinski definition) is 4. The van der Waals surface area contributed by atoms with E-state index in [1.54, 1.807) is 0 Å². The van der Waals surface area contributed by atoms with Gasteiger partial charge in [-0.25, -0.2) is 0 Å². The topological polar surface area (TPSA) is 66.7 Å². The Hall–Kier alpha value is -1.78. The highest BCUT2D eigenvalue weighted by molar-refractivity contribution is 5.51. The number of rotatable bonds is 3. The van der Waals surface area contributed by atoms with Crippen LogP contribution in [0.5, 0.6) is 0 Å². The first-order chi connectivity index (χ1) is 7.59. The molecule has 0 unspecified atom stereocenters. The zero-order valence-corrected chi connectivity index (χ0v) is 10.0. The van der Waals surface area contributed by atoms with Crippen LogP contribution in [0.2, 0.25) is 0 Å². The molecule has 0 spiro atoms. The lowest BCUT2D eigenvalue weighted by atomic mass is 10.2. The van der Waals surface area contributed by atoms with E-state index < -0.39 is 0 Å². The molecule has 0 saturated carbocycles. The Labute approximate surface area is 94.2 Å². The van der Waals surface area contributed by atoms with E-state index in [2.05, 4.69) is 20.7 Å². The van der Waals surface area contributed by atoms with E-state index in [0.29, 0.717) is 6.54 Å². The highest BCUT2D eigenvalue weighted by atomic mass is 16.5. The zero-order valence-electron chi connectivity index (χ0n) is 10.0. The van der Waals surface area contributed by atoms with Gasteiger partial charge in [0, 0.05) is 12.1 Å². The molecule has 16 heavy (non-hydrogen) atoms. The van der Waals surface area contributed by atoms with Crippen molar-refractivity contribution in [2.24, 2.45) is 0 Å². The van der Waals surface area contributed by atoms with Gasteiger partial charge in [0.15, 0.2) is 0 Å². The average Bonchev–Trinajstić information content (AvgIpc) is 2.72. The summed E-state index contributed by atoms with van der Waals surface area (Å²) in [5, 5.41) is 14.4. The molecule has 0 aliphatic carbocycles. The van der Waals surface area contributed by atoms with Crippen LogP contribution in [0.4, 0.5) is 5.69 Å². The minimum atomic E-state index is 0.711. The smallest absolute Gasteiger partial charge is 0.138 e. The fourth-order valence-corrected chi connectivity index (χ4v) is 1.74. The van der Waals surface area contributed by atoms with Crippen molar-refractivity contribution < 1.29 is 4.52 Å². The van der Waals surface area contributed by atoms with Gasteiger partial charge in [-0.3, -0.25) is 5.10 Å². The molecule has 0 amide bonds. The number of aromatic nitrogens is 3. The van der Waals surface area contributed by atoms with Crippen LogP contribution in [0.25, 0.3) is 0 Å². The molecule has 2 aromatic heterocycles. The second-order valence-corrected chi connectivity index (χ2v) is 3.97. The molecule has 2 N–H and O–H groups in total. The van der Waals surface area contributed by atoms with Gasteiger partial charge in [-0.05, 0) is 27.7 Å². The predicted octanol–water partition coefficient (Wildman–Crippen LogP) is 2.24. The fourth-order valence-electron chi connectivity index (χ4n) is 1.74. The molecular formula is C11H16N4O. The van der Waals surface area contributed by atoms with Crippen LogP contribution in [-0.2, 0) is 6.54 Å². The molecule has 2 heterocycles. The van der Waals surface area contributed by atoms with E-state index in [9.17, 15) is 0 Å². The number of H-pyrrole nitrogens is 1. The summed E-state index contributed by atoms with van der Waals surface area (Å²) in [7, 11) is 0. The molecule has 0 fully saturated rings. The van der Waals surface area contributed by atoms with E-state index in [-0.39, 0.29) is 0 Å². The van der Waals surface area contributed by atoms with Crippen molar-refractivity contribution in [3.05, 3.63) is 28.4 Å². The van der Waals surface area contributed by atoms with Gasteiger partial charge in [0.1, 0.15) is 5.76 Å². The summed E-state index contributed by atoms with van der Waals surface area (Å²) in [4.78, 5) is 0. The molecule has 2 aromatic rings. The van der Waals surface area contributed by atoms with Gasteiger partial charge in [0.25, 0.3) is 0 Å². The van der Waals surface area contributed by atoms with E-state index in [1.165, 1.54) is 0 Å². The lowest BCUT2D eigenvalue weighted by molar-refractivity contribution is 0.392. The summed E-state index contributed by atoms with van der Waals surface area (Å²) in [6, 6.07) is 0. The molecule has 0 atom stereocenters. The molecule has 5 nitrogen and oxygen atoms in total. The summed E-state index contributed by atoms with van der Waals surface area (Å²) >= 11 is 0. The average molecular weight is 220 g/mol. The minimum absolute atomic E-state index is 0.711. The maximum atomic E-state index is 5.11. The molecule has 5 heteroatoms. The molecule has 0 bridgehead atoms. The summed E-state index contributed by atoms with van der Waals surface area (Å²) in [5.74, 6) is 0.865. The SMILES string of the molecule is Cc1noc(C)c1CNc1c(C)n[nH]c1C. The van der Waals surface area contributed by atoms with Crippen molar-refractivity contribution in [2.45, 2.75) is 34.2 Å². The number of aryl methyl sites for hydroxylation is 4. The normalized spacial score (nSPS) is 10.8. The lowest BCUT2D eigenvalue weighted by Gasteiger charge is -2.05. The van der Waals surface area contributed by atoms with E-state index in [4.69, 9.17) is 4.52 Å². The third-order valence-electron chi connectivity index (χ3n) is 2.75. The standard InChI is InChI=1S/C11H16N4O/c1-6-10(9(4)16-15-6)5-12-11-7(2)13-14-8(11)3/h12H,5H2,1-4H3,(H,13,14). The second-order valence-electron chi connectivity index (χ2n) is 3.97. The summed E-state index contributed by atoms with van der Waals surface area (Å²) in [6.07, 6.45) is 0. The van der Waals surface area contributed by atoms with Gasteiger partial charge in [-0.1, -0.05) is 5.16 Å². The van der Waals surface area contributed by atoms with Gasteiger partial charge in [-0.2, -0.15) is 5.10 Å². The van der Waals surface area contributed by atoms with Crippen LogP contribution in [0.3, 0.4) is 0 Å². The van der Waals surface area contributed by atoms with Gasteiger partial charge in [0.2, 0.25) is 0 Å². The van der Waals surface area contributed by atoms with Crippen molar-refractivity contribution in [1.82, 2.24) is 15.4 Å². The number of nitrogens with one attached hydrogen (secondary N) is 2. The molecule has 0 aromatic carbocycles. The van der Waals surface area contributed by atoms with Crippen LogP contribution in [0.1, 0.15) is 28.4 Å². The zero-order chi connectivity index (χ0) is 11.7. The third-order valence-corrected chi connectivity index (χ3v) is 2.75. The third kappa shape index (κ3) is 1.80. The Morgan fingerprint density at radius 3 is 2.44 bits per heavy atom. The van der Waals surface area contributed by atoms with Gasteiger partial charge in [-0.15, -0.1) is 0 Å². The Kier molecular flexibility index (Phi) is 2.68. The van der Waals surface area contributed by atoms with Gasteiger partial charge < -0.3 is 9.84 Å². The summed E-state index contributed by atoms with van der Waals surface area (Å²) < 4.78 is 5.11. The number of aromatic amines is 1. The number of anilines is 1. The Bertz CT molecular complexity index is 413. The van der Waals surface area contributed by atoms with Crippen LogP contribution < -0.4 is 5.32 Å². The monoisotopic (exact) mass is 220 g/mol. The summed E-state index contributed by atoms with van der Waals surface area (Å²) in [5.41, 5.74) is 5.12. The van der Waals surface area contributed by atoms with Crippen molar-refractivity contribution in [3.63, 3.8) is 0 Å².